The van der Waals surface area contributed by atoms with Crippen molar-refractivity contribution in [2.24, 2.45) is 0 Å². The fraction of sp³-hybridized carbons (Fsp3) is 0.714. The highest BCUT2D eigenvalue weighted by molar-refractivity contribution is 4.94. The Kier molecular flexibility index (Phi) is 3.42. The van der Waals surface area contributed by atoms with Gasteiger partial charge < -0.3 is 4.90 Å². The lowest BCUT2D eigenvalue weighted by Gasteiger charge is -2.20. The van der Waals surface area contributed by atoms with Crippen LogP contribution in [0.25, 0.3) is 0 Å². The summed E-state index contributed by atoms with van der Waals surface area (Å²) in [6.07, 6.45) is -2.47. The molecule has 0 aromatic heterocycles. The number of halogens is 3. The third kappa shape index (κ3) is 4.70. The van der Waals surface area contributed by atoms with Crippen LogP contribution in [0.1, 0.15) is 13.8 Å². The molecule has 0 aliphatic carbocycles. The topological polar surface area (TPSA) is 3.24 Å². The molecule has 0 radical (unpaired) electrons. The number of allylic oxidation sites excluding steroid dienone is 2. The zero-order valence-corrected chi connectivity index (χ0v) is 6.87. The van der Waals surface area contributed by atoms with Crippen LogP contribution < -0.4 is 0 Å². The molecule has 0 spiro atoms. The Hall–Kier alpha value is -0.670. The molecule has 66 valence electrons. The first-order valence-corrected chi connectivity index (χ1v) is 3.27. The Morgan fingerprint density at radius 3 is 2.18 bits per heavy atom. The minimum atomic E-state index is -4.11. The quantitative estimate of drug-likeness (QED) is 0.610. The molecule has 0 aliphatic rings. The summed E-state index contributed by atoms with van der Waals surface area (Å²) in [4.78, 5) is 1.17. The van der Waals surface area contributed by atoms with Crippen molar-refractivity contribution in [3.63, 3.8) is 0 Å². The molecule has 4 heteroatoms. The van der Waals surface area contributed by atoms with E-state index in [0.29, 0.717) is 5.70 Å². The van der Waals surface area contributed by atoms with Gasteiger partial charge in [-0.2, -0.15) is 13.2 Å². The number of alkyl halides is 3. The molecule has 0 saturated carbocycles. The monoisotopic (exact) mass is 167 g/mol. The van der Waals surface area contributed by atoms with E-state index in [2.05, 4.69) is 0 Å². The van der Waals surface area contributed by atoms with Crippen LogP contribution in [0.2, 0.25) is 0 Å². The predicted octanol–water partition coefficient (Wildman–Crippen LogP) is 2.40. The molecule has 0 aromatic rings. The van der Waals surface area contributed by atoms with Gasteiger partial charge in [-0.1, -0.05) is 6.08 Å². The van der Waals surface area contributed by atoms with Crippen molar-refractivity contribution in [1.82, 2.24) is 4.90 Å². The van der Waals surface area contributed by atoms with Crippen LogP contribution >= 0.6 is 0 Å². The summed E-state index contributed by atoms with van der Waals surface area (Å²) in [5.41, 5.74) is 0.627. The molecule has 11 heavy (non-hydrogen) atoms. The van der Waals surface area contributed by atoms with Gasteiger partial charge in [-0.15, -0.1) is 0 Å². The highest BCUT2D eigenvalue weighted by Crippen LogP contribution is 2.17. The molecule has 0 atom stereocenters. The molecule has 0 heterocycles. The van der Waals surface area contributed by atoms with Crippen LogP contribution in [0.4, 0.5) is 13.2 Å². The maximum atomic E-state index is 11.7. The average Bonchev–Trinajstić information content (AvgIpc) is 1.82. The second-order valence-corrected chi connectivity index (χ2v) is 2.40. The van der Waals surface area contributed by atoms with Crippen molar-refractivity contribution in [2.45, 2.75) is 20.0 Å². The lowest BCUT2D eigenvalue weighted by Crippen LogP contribution is -2.29. The van der Waals surface area contributed by atoms with Crippen molar-refractivity contribution in [3.8, 4) is 0 Å². The first-order chi connectivity index (χ1) is 4.87. The Morgan fingerprint density at radius 1 is 1.45 bits per heavy atom. The lowest BCUT2D eigenvalue weighted by molar-refractivity contribution is -0.139. The van der Waals surface area contributed by atoms with Gasteiger partial charge in [0.1, 0.15) is 6.54 Å². The fourth-order valence-corrected chi connectivity index (χ4v) is 0.614. The van der Waals surface area contributed by atoms with Crippen LogP contribution in [0.15, 0.2) is 11.8 Å². The minimum absolute atomic E-state index is 0.627. The number of hydrogen-bond donors (Lipinski definition) is 0. The van der Waals surface area contributed by atoms with E-state index in [9.17, 15) is 13.2 Å². The van der Waals surface area contributed by atoms with Gasteiger partial charge in [-0.25, -0.2) is 0 Å². The van der Waals surface area contributed by atoms with Crippen LogP contribution in [0.5, 0.6) is 0 Å². The van der Waals surface area contributed by atoms with E-state index in [0.717, 1.165) is 0 Å². The second kappa shape index (κ2) is 3.64. The SMILES string of the molecule is CC=C(C)N(C)CC(F)(F)F. The molecule has 0 amide bonds. The van der Waals surface area contributed by atoms with Crippen molar-refractivity contribution in [2.75, 3.05) is 13.6 Å². The van der Waals surface area contributed by atoms with Gasteiger partial charge in [0, 0.05) is 12.7 Å². The normalized spacial score (nSPS) is 13.5. The average molecular weight is 167 g/mol. The Balaban J connectivity index is 3.98. The molecule has 0 aromatic carbocycles. The maximum Gasteiger partial charge on any atom is 0.405 e. The van der Waals surface area contributed by atoms with Crippen LogP contribution in [0.3, 0.4) is 0 Å². The van der Waals surface area contributed by atoms with E-state index in [1.165, 1.54) is 11.9 Å². The lowest BCUT2D eigenvalue weighted by atomic mass is 10.4. The van der Waals surface area contributed by atoms with Gasteiger partial charge in [0.05, 0.1) is 0 Å². The van der Waals surface area contributed by atoms with Gasteiger partial charge in [-0.3, -0.25) is 0 Å². The first-order valence-electron chi connectivity index (χ1n) is 3.27. The summed E-state index contributed by atoms with van der Waals surface area (Å²) in [7, 11) is 1.42. The van der Waals surface area contributed by atoms with Crippen molar-refractivity contribution in [3.05, 3.63) is 11.8 Å². The van der Waals surface area contributed by atoms with Crippen LogP contribution in [-0.2, 0) is 0 Å². The Labute approximate surface area is 64.5 Å². The van der Waals surface area contributed by atoms with Gasteiger partial charge >= 0.3 is 6.18 Å². The Morgan fingerprint density at radius 2 is 1.91 bits per heavy atom. The van der Waals surface area contributed by atoms with E-state index >= 15 is 0 Å². The molecule has 1 nitrogen and oxygen atoms in total. The number of nitrogens with zero attached hydrogens (tertiary/aromatic N) is 1. The summed E-state index contributed by atoms with van der Waals surface area (Å²) < 4.78 is 35.2. The molecule has 0 bridgehead atoms. The molecule has 0 fully saturated rings. The fourth-order valence-electron chi connectivity index (χ4n) is 0.614. The minimum Gasteiger partial charge on any atom is -0.370 e. The van der Waals surface area contributed by atoms with Gasteiger partial charge in [0.25, 0.3) is 0 Å². The third-order valence-corrected chi connectivity index (χ3v) is 1.44. The molecule has 0 saturated heterocycles. The van der Waals surface area contributed by atoms with Gasteiger partial charge in [-0.05, 0) is 13.8 Å². The van der Waals surface area contributed by atoms with Gasteiger partial charge in [0.15, 0.2) is 0 Å². The van der Waals surface area contributed by atoms with Crippen LogP contribution in [-0.4, -0.2) is 24.7 Å². The summed E-state index contributed by atoms with van der Waals surface area (Å²) in [6.45, 7) is 2.47. The molecule has 0 unspecified atom stereocenters. The standard InChI is InChI=1S/C7H12F3N/c1-4-6(2)11(3)5-7(8,9)10/h4H,5H2,1-3H3. The van der Waals surface area contributed by atoms with E-state index in [1.807, 2.05) is 0 Å². The first kappa shape index (κ1) is 10.3. The molecule has 0 aliphatic heterocycles. The van der Waals surface area contributed by atoms with Crippen molar-refractivity contribution >= 4 is 0 Å². The summed E-state index contributed by atoms with van der Waals surface area (Å²) in [5, 5.41) is 0. The van der Waals surface area contributed by atoms with Crippen molar-refractivity contribution < 1.29 is 13.2 Å². The molecular weight excluding hydrogens is 155 g/mol. The number of rotatable bonds is 2. The van der Waals surface area contributed by atoms with Crippen molar-refractivity contribution in [1.29, 1.82) is 0 Å². The van der Waals surface area contributed by atoms with E-state index in [-0.39, 0.29) is 0 Å². The van der Waals surface area contributed by atoms with Gasteiger partial charge in [0.2, 0.25) is 0 Å². The third-order valence-electron chi connectivity index (χ3n) is 1.44. The summed E-state index contributed by atoms with van der Waals surface area (Å²) in [6, 6.07) is 0. The van der Waals surface area contributed by atoms with E-state index in [1.54, 1.807) is 19.9 Å². The summed E-state index contributed by atoms with van der Waals surface area (Å²) in [5.74, 6) is 0. The van der Waals surface area contributed by atoms with Crippen LogP contribution in [0, 0.1) is 0 Å². The predicted molar refractivity (Wildman–Crippen MR) is 38.1 cm³/mol. The second-order valence-electron chi connectivity index (χ2n) is 2.40. The maximum absolute atomic E-state index is 11.7. The molecule has 0 rings (SSSR count). The smallest absolute Gasteiger partial charge is 0.370 e. The van der Waals surface area contributed by atoms with E-state index in [4.69, 9.17) is 0 Å². The van der Waals surface area contributed by atoms with E-state index < -0.39 is 12.7 Å². The number of hydrogen-bond acceptors (Lipinski definition) is 1. The molecule has 0 N–H and O–H groups in total. The summed E-state index contributed by atoms with van der Waals surface area (Å²) >= 11 is 0. The largest absolute Gasteiger partial charge is 0.405 e. The highest BCUT2D eigenvalue weighted by Gasteiger charge is 2.29. The zero-order chi connectivity index (χ0) is 9.07. The highest BCUT2D eigenvalue weighted by atomic mass is 19.4. The Bertz CT molecular complexity index is 148. The zero-order valence-electron chi connectivity index (χ0n) is 6.87. The molecular formula is C7H12F3N.